The zero-order chi connectivity index (χ0) is 21.5. The Morgan fingerprint density at radius 2 is 2.03 bits per heavy atom. The molecule has 0 spiro atoms. The van der Waals surface area contributed by atoms with Gasteiger partial charge in [-0.15, -0.1) is 0 Å². The van der Waals surface area contributed by atoms with Crippen molar-refractivity contribution in [1.82, 2.24) is 5.32 Å². The summed E-state index contributed by atoms with van der Waals surface area (Å²) in [6.45, 7) is 9.06. The number of carbonyl (C=O) groups excluding carboxylic acids is 2. The van der Waals surface area contributed by atoms with Crippen molar-refractivity contribution in [1.29, 1.82) is 0 Å². The summed E-state index contributed by atoms with van der Waals surface area (Å²) in [6, 6.07) is 5.98. The minimum atomic E-state index is -0.763. The Morgan fingerprint density at radius 1 is 1.30 bits per heavy atom. The molecule has 30 heavy (non-hydrogen) atoms. The Kier molecular flexibility index (Phi) is 5.53. The zero-order valence-corrected chi connectivity index (χ0v) is 17.5. The SMILES string of the molecule is C=C1NC2=C(C(=O)CC(C)(C)C2)C(c2ccc(F)cc2)C1C(=O)OCC1CCCO1. The molecule has 3 aliphatic rings. The van der Waals surface area contributed by atoms with Crippen LogP contribution >= 0.6 is 0 Å². The van der Waals surface area contributed by atoms with Crippen LogP contribution in [0.3, 0.4) is 0 Å². The second-order valence-corrected chi connectivity index (χ2v) is 9.26. The number of Topliss-reactive ketones (excluding diaryl/α,β-unsaturated/α-hetero) is 1. The molecular weight excluding hydrogens is 385 g/mol. The van der Waals surface area contributed by atoms with Crippen LogP contribution in [0.25, 0.3) is 0 Å². The van der Waals surface area contributed by atoms with Gasteiger partial charge in [0.15, 0.2) is 5.78 Å². The highest BCUT2D eigenvalue weighted by Gasteiger charge is 2.46. The second-order valence-electron chi connectivity index (χ2n) is 9.26. The van der Waals surface area contributed by atoms with Crippen LogP contribution in [-0.2, 0) is 19.1 Å². The predicted octanol–water partition coefficient (Wildman–Crippen LogP) is 4.01. The average molecular weight is 413 g/mol. The van der Waals surface area contributed by atoms with Gasteiger partial charge in [-0.25, -0.2) is 4.39 Å². The molecule has 2 heterocycles. The summed E-state index contributed by atoms with van der Waals surface area (Å²) in [4.78, 5) is 26.3. The Balaban J connectivity index is 1.70. The highest BCUT2D eigenvalue weighted by Crippen LogP contribution is 2.48. The normalized spacial score (nSPS) is 28.2. The van der Waals surface area contributed by atoms with Crippen molar-refractivity contribution in [3.8, 4) is 0 Å². The van der Waals surface area contributed by atoms with Gasteiger partial charge in [0.1, 0.15) is 18.3 Å². The van der Waals surface area contributed by atoms with Crippen molar-refractivity contribution in [3.63, 3.8) is 0 Å². The van der Waals surface area contributed by atoms with E-state index in [1.807, 2.05) is 13.8 Å². The molecule has 4 rings (SSSR count). The van der Waals surface area contributed by atoms with Crippen LogP contribution < -0.4 is 5.32 Å². The molecule has 1 N–H and O–H groups in total. The van der Waals surface area contributed by atoms with E-state index in [1.165, 1.54) is 12.1 Å². The van der Waals surface area contributed by atoms with Crippen molar-refractivity contribution >= 4 is 11.8 Å². The number of ketones is 1. The molecule has 0 bridgehead atoms. The van der Waals surface area contributed by atoms with E-state index in [9.17, 15) is 14.0 Å². The minimum absolute atomic E-state index is 0.00695. The fourth-order valence-electron chi connectivity index (χ4n) is 4.79. The Labute approximate surface area is 176 Å². The number of carbonyl (C=O) groups is 2. The second kappa shape index (κ2) is 7.99. The van der Waals surface area contributed by atoms with E-state index in [-0.39, 0.29) is 29.7 Å². The van der Waals surface area contributed by atoms with Gasteiger partial charge in [-0.2, -0.15) is 0 Å². The van der Waals surface area contributed by atoms with E-state index < -0.39 is 17.8 Å². The maximum absolute atomic E-state index is 13.6. The van der Waals surface area contributed by atoms with E-state index in [4.69, 9.17) is 9.47 Å². The van der Waals surface area contributed by atoms with Crippen LogP contribution in [0.1, 0.15) is 51.0 Å². The molecule has 3 unspecified atom stereocenters. The third-order valence-corrected chi connectivity index (χ3v) is 6.17. The molecule has 0 radical (unpaired) electrons. The standard InChI is InChI=1S/C24H28FNO4/c1-14-20(23(28)30-13-17-5-4-10-29-17)21(15-6-8-16(25)9-7-15)22-18(26-14)11-24(2,3)12-19(22)27/h6-9,17,20-21,26H,1,4-5,10-13H2,2-3H3. The highest BCUT2D eigenvalue weighted by molar-refractivity contribution is 6.00. The summed E-state index contributed by atoms with van der Waals surface area (Å²) in [5.74, 6) is -2.11. The molecular formula is C24H28FNO4. The topological polar surface area (TPSA) is 64.6 Å². The Hall–Kier alpha value is -2.47. The van der Waals surface area contributed by atoms with Gasteiger partial charge < -0.3 is 14.8 Å². The number of esters is 1. The summed E-state index contributed by atoms with van der Waals surface area (Å²) in [5.41, 5.74) is 2.43. The monoisotopic (exact) mass is 413 g/mol. The predicted molar refractivity (Wildman–Crippen MR) is 110 cm³/mol. The number of halogens is 1. The number of nitrogens with one attached hydrogen (secondary N) is 1. The van der Waals surface area contributed by atoms with E-state index in [2.05, 4.69) is 11.9 Å². The molecule has 0 aromatic heterocycles. The first-order chi connectivity index (χ1) is 14.2. The van der Waals surface area contributed by atoms with Gasteiger partial charge in [0.2, 0.25) is 0 Å². The maximum Gasteiger partial charge on any atom is 0.315 e. The van der Waals surface area contributed by atoms with Crippen molar-refractivity contribution < 1.29 is 23.5 Å². The molecule has 2 aliphatic heterocycles. The van der Waals surface area contributed by atoms with Crippen molar-refractivity contribution in [2.24, 2.45) is 11.3 Å². The largest absolute Gasteiger partial charge is 0.462 e. The van der Waals surface area contributed by atoms with Crippen molar-refractivity contribution in [2.75, 3.05) is 13.2 Å². The lowest BCUT2D eigenvalue weighted by Gasteiger charge is -2.42. The van der Waals surface area contributed by atoms with Crippen molar-refractivity contribution in [3.05, 3.63) is 59.2 Å². The lowest BCUT2D eigenvalue weighted by molar-refractivity contribution is -0.151. The minimum Gasteiger partial charge on any atom is -0.462 e. The number of hydrogen-bond donors (Lipinski definition) is 1. The van der Waals surface area contributed by atoms with E-state index in [1.54, 1.807) is 12.1 Å². The van der Waals surface area contributed by atoms with Crippen LogP contribution in [0.2, 0.25) is 0 Å². The number of ether oxygens (including phenoxy) is 2. The molecule has 6 heteroatoms. The lowest BCUT2D eigenvalue weighted by atomic mass is 9.66. The highest BCUT2D eigenvalue weighted by atomic mass is 19.1. The lowest BCUT2D eigenvalue weighted by Crippen LogP contribution is -2.44. The van der Waals surface area contributed by atoms with Crippen LogP contribution in [0.4, 0.5) is 4.39 Å². The van der Waals surface area contributed by atoms with E-state index in [0.29, 0.717) is 36.3 Å². The first kappa shape index (κ1) is 20.8. The van der Waals surface area contributed by atoms with Gasteiger partial charge in [-0.3, -0.25) is 9.59 Å². The summed E-state index contributed by atoms with van der Waals surface area (Å²) >= 11 is 0. The summed E-state index contributed by atoms with van der Waals surface area (Å²) in [7, 11) is 0. The Morgan fingerprint density at radius 3 is 2.70 bits per heavy atom. The van der Waals surface area contributed by atoms with Crippen molar-refractivity contribution in [2.45, 2.75) is 51.6 Å². The third kappa shape index (κ3) is 4.06. The summed E-state index contributed by atoms with van der Waals surface area (Å²) < 4.78 is 24.7. The quantitative estimate of drug-likeness (QED) is 0.756. The van der Waals surface area contributed by atoms with Crippen LogP contribution in [0.5, 0.6) is 0 Å². The zero-order valence-electron chi connectivity index (χ0n) is 17.5. The van der Waals surface area contributed by atoms with Gasteiger partial charge >= 0.3 is 5.97 Å². The third-order valence-electron chi connectivity index (χ3n) is 6.17. The van der Waals surface area contributed by atoms with Crippen LogP contribution in [-0.4, -0.2) is 31.1 Å². The van der Waals surface area contributed by atoms with E-state index >= 15 is 0 Å². The first-order valence-electron chi connectivity index (χ1n) is 10.5. The maximum atomic E-state index is 13.6. The number of benzene rings is 1. The average Bonchev–Trinajstić information content (AvgIpc) is 3.18. The summed E-state index contributed by atoms with van der Waals surface area (Å²) in [5, 5.41) is 3.23. The molecule has 1 aromatic carbocycles. The van der Waals surface area contributed by atoms with E-state index in [0.717, 1.165) is 18.5 Å². The van der Waals surface area contributed by atoms with Crippen LogP contribution in [0.15, 0.2) is 47.8 Å². The smallest absolute Gasteiger partial charge is 0.315 e. The molecule has 3 atom stereocenters. The van der Waals surface area contributed by atoms with Gasteiger partial charge in [0.05, 0.1) is 6.10 Å². The van der Waals surface area contributed by atoms with Crippen LogP contribution in [0, 0.1) is 17.2 Å². The molecule has 1 aromatic rings. The first-order valence-corrected chi connectivity index (χ1v) is 10.5. The molecule has 0 saturated carbocycles. The number of hydrogen-bond acceptors (Lipinski definition) is 5. The summed E-state index contributed by atoms with van der Waals surface area (Å²) in [6.07, 6.45) is 2.81. The molecule has 1 aliphatic carbocycles. The molecule has 1 fully saturated rings. The van der Waals surface area contributed by atoms with Gasteiger partial charge in [0, 0.05) is 35.9 Å². The Bertz CT molecular complexity index is 896. The number of rotatable bonds is 4. The number of allylic oxidation sites excluding steroid dienone is 2. The van der Waals surface area contributed by atoms with Gasteiger partial charge in [0.25, 0.3) is 0 Å². The molecule has 5 nitrogen and oxygen atoms in total. The molecule has 160 valence electrons. The van der Waals surface area contributed by atoms with Gasteiger partial charge in [-0.05, 0) is 42.4 Å². The van der Waals surface area contributed by atoms with Gasteiger partial charge in [-0.1, -0.05) is 32.6 Å². The molecule has 1 saturated heterocycles. The fraction of sp³-hybridized carbons (Fsp3) is 0.500. The molecule has 0 amide bonds. The fourth-order valence-corrected chi connectivity index (χ4v) is 4.79.